The van der Waals surface area contributed by atoms with Crippen molar-refractivity contribution in [2.75, 3.05) is 20.2 Å². The lowest BCUT2D eigenvalue weighted by Crippen LogP contribution is -2.35. The van der Waals surface area contributed by atoms with Gasteiger partial charge in [-0.2, -0.15) is 0 Å². The van der Waals surface area contributed by atoms with Crippen molar-refractivity contribution in [3.05, 3.63) is 23.8 Å². The zero-order valence-corrected chi connectivity index (χ0v) is 14.5. The summed E-state index contributed by atoms with van der Waals surface area (Å²) in [7, 11) is 1.56. The first-order valence-corrected chi connectivity index (χ1v) is 9.01. The molecule has 1 aliphatic heterocycles. The fourth-order valence-electron chi connectivity index (χ4n) is 3.49. The molecule has 1 aromatic carbocycles. The minimum atomic E-state index is 0.195. The van der Waals surface area contributed by atoms with Crippen molar-refractivity contribution in [2.45, 2.75) is 51.1 Å². The van der Waals surface area contributed by atoms with Gasteiger partial charge in [0, 0.05) is 25.6 Å². The number of hydrogen-bond donors (Lipinski definition) is 2. The standard InChI is InChI=1S/C19H28N2O3/c1-24-18-8-4-15(11-17(18)22)13-21-10-2-3-14(12-21)5-9-19(23)20-16-6-7-16/h4,8,11,14,16,22H,2-3,5-7,9-10,12-13H2,1H3,(H,20,23). The third kappa shape index (κ3) is 4.87. The van der Waals surface area contributed by atoms with Gasteiger partial charge in [-0.15, -0.1) is 0 Å². The van der Waals surface area contributed by atoms with Crippen LogP contribution in [0.5, 0.6) is 11.5 Å². The SMILES string of the molecule is COc1ccc(CN2CCCC(CCC(=O)NC3CC3)C2)cc1O. The van der Waals surface area contributed by atoms with Gasteiger partial charge in [0.05, 0.1) is 7.11 Å². The summed E-state index contributed by atoms with van der Waals surface area (Å²) in [6.45, 7) is 2.95. The number of piperidine rings is 1. The summed E-state index contributed by atoms with van der Waals surface area (Å²) in [6.07, 6.45) is 6.31. The Labute approximate surface area is 144 Å². The Morgan fingerprint density at radius 3 is 2.92 bits per heavy atom. The molecule has 0 spiro atoms. The molecule has 2 N–H and O–H groups in total. The highest BCUT2D eigenvalue weighted by atomic mass is 16.5. The Morgan fingerprint density at radius 2 is 2.21 bits per heavy atom. The number of likely N-dealkylation sites (tertiary alicyclic amines) is 1. The van der Waals surface area contributed by atoms with Gasteiger partial charge in [0.15, 0.2) is 11.5 Å². The van der Waals surface area contributed by atoms with Gasteiger partial charge >= 0.3 is 0 Å². The van der Waals surface area contributed by atoms with Crippen LogP contribution < -0.4 is 10.1 Å². The minimum Gasteiger partial charge on any atom is -0.504 e. The maximum absolute atomic E-state index is 11.8. The van der Waals surface area contributed by atoms with Gasteiger partial charge in [0.2, 0.25) is 5.91 Å². The van der Waals surface area contributed by atoms with E-state index in [2.05, 4.69) is 10.2 Å². The second-order valence-corrected chi connectivity index (χ2v) is 7.13. The van der Waals surface area contributed by atoms with E-state index in [0.29, 0.717) is 24.1 Å². The highest BCUT2D eigenvalue weighted by Crippen LogP contribution is 2.28. The Balaban J connectivity index is 1.46. The number of ether oxygens (including phenoxy) is 1. The van der Waals surface area contributed by atoms with Gasteiger partial charge in [0.25, 0.3) is 0 Å². The highest BCUT2D eigenvalue weighted by molar-refractivity contribution is 5.76. The van der Waals surface area contributed by atoms with Crippen LogP contribution in [-0.2, 0) is 11.3 Å². The molecular formula is C19H28N2O3. The van der Waals surface area contributed by atoms with Gasteiger partial charge in [-0.05, 0) is 62.3 Å². The number of benzene rings is 1. The van der Waals surface area contributed by atoms with Crippen LogP contribution in [0, 0.1) is 5.92 Å². The van der Waals surface area contributed by atoms with Crippen LogP contribution in [-0.4, -0.2) is 42.2 Å². The smallest absolute Gasteiger partial charge is 0.220 e. The first kappa shape index (κ1) is 17.1. The molecule has 1 aromatic rings. The minimum absolute atomic E-state index is 0.195. The number of nitrogens with one attached hydrogen (secondary N) is 1. The van der Waals surface area contributed by atoms with Crippen LogP contribution in [0.3, 0.4) is 0 Å². The lowest BCUT2D eigenvalue weighted by Gasteiger charge is -2.32. The molecule has 132 valence electrons. The zero-order chi connectivity index (χ0) is 16.9. The predicted molar refractivity (Wildman–Crippen MR) is 93.1 cm³/mol. The van der Waals surface area contributed by atoms with E-state index in [4.69, 9.17) is 4.74 Å². The van der Waals surface area contributed by atoms with Crippen LogP contribution in [0.25, 0.3) is 0 Å². The number of phenolic OH excluding ortho intramolecular Hbond substituents is 1. The van der Waals surface area contributed by atoms with Gasteiger partial charge in [0.1, 0.15) is 0 Å². The molecule has 5 heteroatoms. The molecule has 0 aromatic heterocycles. The molecule has 1 saturated carbocycles. The maximum Gasteiger partial charge on any atom is 0.220 e. The van der Waals surface area contributed by atoms with Crippen molar-refractivity contribution in [1.29, 1.82) is 0 Å². The first-order valence-electron chi connectivity index (χ1n) is 9.01. The largest absolute Gasteiger partial charge is 0.504 e. The second-order valence-electron chi connectivity index (χ2n) is 7.13. The van der Waals surface area contributed by atoms with E-state index in [0.717, 1.165) is 44.5 Å². The Hall–Kier alpha value is -1.75. The van der Waals surface area contributed by atoms with Crippen molar-refractivity contribution in [1.82, 2.24) is 10.2 Å². The molecule has 2 fully saturated rings. The van der Waals surface area contributed by atoms with Crippen LogP contribution in [0.1, 0.15) is 44.1 Å². The molecule has 2 aliphatic rings. The van der Waals surface area contributed by atoms with E-state index in [1.807, 2.05) is 12.1 Å². The third-order valence-corrected chi connectivity index (χ3v) is 4.97. The second kappa shape index (κ2) is 7.88. The normalized spacial score (nSPS) is 21.5. The van der Waals surface area contributed by atoms with Crippen LogP contribution in [0.4, 0.5) is 0 Å². The third-order valence-electron chi connectivity index (χ3n) is 4.97. The van der Waals surface area contributed by atoms with E-state index >= 15 is 0 Å². The lowest BCUT2D eigenvalue weighted by molar-refractivity contribution is -0.121. The van der Waals surface area contributed by atoms with E-state index in [1.165, 1.54) is 12.8 Å². The van der Waals surface area contributed by atoms with Crippen molar-refractivity contribution in [3.8, 4) is 11.5 Å². The number of rotatable bonds is 7. The Morgan fingerprint density at radius 1 is 1.38 bits per heavy atom. The van der Waals surface area contributed by atoms with Crippen molar-refractivity contribution in [2.24, 2.45) is 5.92 Å². The van der Waals surface area contributed by atoms with Gasteiger partial charge in [-0.25, -0.2) is 0 Å². The molecule has 1 unspecified atom stereocenters. The molecule has 3 rings (SSSR count). The summed E-state index contributed by atoms with van der Waals surface area (Å²) in [4.78, 5) is 14.3. The highest BCUT2D eigenvalue weighted by Gasteiger charge is 2.25. The summed E-state index contributed by atoms with van der Waals surface area (Å²) in [5.41, 5.74) is 1.10. The molecule has 1 amide bonds. The number of aromatic hydroxyl groups is 1. The number of carbonyl (C=O) groups excluding carboxylic acids is 1. The molecule has 0 radical (unpaired) electrons. The monoisotopic (exact) mass is 332 g/mol. The fourth-order valence-corrected chi connectivity index (χ4v) is 3.49. The number of phenols is 1. The summed E-state index contributed by atoms with van der Waals surface area (Å²) in [6, 6.07) is 6.06. The van der Waals surface area contributed by atoms with Crippen LogP contribution in [0.15, 0.2) is 18.2 Å². The molecule has 24 heavy (non-hydrogen) atoms. The summed E-state index contributed by atoms with van der Waals surface area (Å²) < 4.78 is 5.09. The summed E-state index contributed by atoms with van der Waals surface area (Å²) in [5, 5.41) is 13.0. The van der Waals surface area contributed by atoms with Gasteiger partial charge in [-0.3, -0.25) is 9.69 Å². The van der Waals surface area contributed by atoms with E-state index in [1.54, 1.807) is 13.2 Å². The molecular weight excluding hydrogens is 304 g/mol. The van der Waals surface area contributed by atoms with Crippen LogP contribution in [0.2, 0.25) is 0 Å². The maximum atomic E-state index is 11.8. The van der Waals surface area contributed by atoms with E-state index in [9.17, 15) is 9.90 Å². The Bertz CT molecular complexity index is 572. The quantitative estimate of drug-likeness (QED) is 0.806. The van der Waals surface area contributed by atoms with Crippen molar-refractivity contribution < 1.29 is 14.6 Å². The zero-order valence-electron chi connectivity index (χ0n) is 14.5. The van der Waals surface area contributed by atoms with Crippen molar-refractivity contribution in [3.63, 3.8) is 0 Å². The number of hydrogen-bond acceptors (Lipinski definition) is 4. The number of methoxy groups -OCH3 is 1. The molecule has 0 bridgehead atoms. The molecule has 1 aliphatic carbocycles. The molecule has 5 nitrogen and oxygen atoms in total. The van der Waals surface area contributed by atoms with E-state index < -0.39 is 0 Å². The number of nitrogens with zero attached hydrogens (tertiary/aromatic N) is 1. The molecule has 1 saturated heterocycles. The average Bonchev–Trinajstić information content (AvgIpc) is 3.37. The molecule has 1 atom stereocenters. The van der Waals surface area contributed by atoms with E-state index in [-0.39, 0.29) is 11.7 Å². The number of amides is 1. The van der Waals surface area contributed by atoms with Gasteiger partial charge < -0.3 is 15.2 Å². The first-order chi connectivity index (χ1) is 11.6. The lowest BCUT2D eigenvalue weighted by atomic mass is 9.93. The summed E-state index contributed by atoms with van der Waals surface area (Å²) >= 11 is 0. The Kier molecular flexibility index (Phi) is 5.61. The van der Waals surface area contributed by atoms with Crippen LogP contribution >= 0.6 is 0 Å². The topological polar surface area (TPSA) is 61.8 Å². The molecule has 1 heterocycles. The fraction of sp³-hybridized carbons (Fsp3) is 0.632. The predicted octanol–water partition coefficient (Wildman–Crippen LogP) is 2.67. The van der Waals surface area contributed by atoms with Crippen molar-refractivity contribution >= 4 is 5.91 Å². The average molecular weight is 332 g/mol. The summed E-state index contributed by atoms with van der Waals surface area (Å²) in [5.74, 6) is 1.52. The number of carbonyl (C=O) groups is 1. The van der Waals surface area contributed by atoms with Gasteiger partial charge in [-0.1, -0.05) is 6.07 Å².